The molecule has 2 amide bonds. The summed E-state index contributed by atoms with van der Waals surface area (Å²) in [7, 11) is 0. The zero-order valence-electron chi connectivity index (χ0n) is 13.3. The number of carbonyl (C=O) groups is 3. The Bertz CT molecular complexity index is 481. The van der Waals surface area contributed by atoms with E-state index in [9.17, 15) is 14.4 Å². The van der Waals surface area contributed by atoms with Crippen molar-refractivity contribution in [3.05, 3.63) is 0 Å². The highest BCUT2D eigenvalue weighted by molar-refractivity contribution is 5.83. The lowest BCUT2D eigenvalue weighted by atomic mass is 10.0. The Morgan fingerprint density at radius 1 is 0.870 bits per heavy atom. The standard InChI is InChI=1S/C16H24N2O5/c19-14(11-3-4-12(10-11)16(21)22)17-5-7-18(8-6-17)15(20)13-2-1-9-23-13/h11-13H,1-10H2,(H,21,22)/t11-,12+,13?/m0/s1. The Labute approximate surface area is 135 Å². The number of hydrogen-bond acceptors (Lipinski definition) is 4. The monoisotopic (exact) mass is 324 g/mol. The second-order valence-corrected chi connectivity index (χ2v) is 6.70. The molecular weight excluding hydrogens is 300 g/mol. The van der Waals surface area contributed by atoms with E-state index in [1.807, 2.05) is 0 Å². The van der Waals surface area contributed by atoms with Gasteiger partial charge < -0.3 is 19.6 Å². The first-order valence-electron chi connectivity index (χ1n) is 8.48. The molecule has 0 radical (unpaired) electrons. The zero-order chi connectivity index (χ0) is 16.4. The first-order chi connectivity index (χ1) is 11.1. The van der Waals surface area contributed by atoms with Crippen LogP contribution in [0.2, 0.25) is 0 Å². The van der Waals surface area contributed by atoms with Crippen LogP contribution in [0.5, 0.6) is 0 Å². The second kappa shape index (κ2) is 6.86. The molecule has 7 heteroatoms. The molecule has 3 aliphatic rings. The Kier molecular flexibility index (Phi) is 4.84. The average Bonchev–Trinajstić information content (AvgIpc) is 3.25. The van der Waals surface area contributed by atoms with Crippen molar-refractivity contribution >= 4 is 17.8 Å². The summed E-state index contributed by atoms with van der Waals surface area (Å²) >= 11 is 0. The summed E-state index contributed by atoms with van der Waals surface area (Å²) in [5.74, 6) is -1.26. The third kappa shape index (κ3) is 3.49. The third-order valence-corrected chi connectivity index (χ3v) is 5.24. The Morgan fingerprint density at radius 2 is 1.48 bits per heavy atom. The van der Waals surface area contributed by atoms with Gasteiger partial charge in [0.2, 0.25) is 5.91 Å². The van der Waals surface area contributed by atoms with Crippen LogP contribution in [-0.2, 0) is 19.1 Å². The highest BCUT2D eigenvalue weighted by Gasteiger charge is 2.37. The van der Waals surface area contributed by atoms with Gasteiger partial charge in [0.1, 0.15) is 6.10 Å². The molecule has 0 bridgehead atoms. The van der Waals surface area contributed by atoms with Gasteiger partial charge in [0, 0.05) is 38.7 Å². The van der Waals surface area contributed by atoms with E-state index in [2.05, 4.69) is 0 Å². The summed E-state index contributed by atoms with van der Waals surface area (Å²) < 4.78 is 5.43. The first-order valence-corrected chi connectivity index (χ1v) is 8.48. The number of carbonyl (C=O) groups excluding carboxylic acids is 2. The number of carboxylic acids is 1. The Morgan fingerprint density at radius 3 is 2.00 bits per heavy atom. The smallest absolute Gasteiger partial charge is 0.306 e. The van der Waals surface area contributed by atoms with Crippen molar-refractivity contribution < 1.29 is 24.2 Å². The molecular formula is C16H24N2O5. The topological polar surface area (TPSA) is 87.2 Å². The van der Waals surface area contributed by atoms with Crippen LogP contribution >= 0.6 is 0 Å². The molecule has 0 aromatic rings. The van der Waals surface area contributed by atoms with Crippen LogP contribution in [0.1, 0.15) is 32.1 Å². The molecule has 128 valence electrons. The van der Waals surface area contributed by atoms with E-state index < -0.39 is 5.97 Å². The number of nitrogens with zero attached hydrogens (tertiary/aromatic N) is 2. The normalized spacial score (nSPS) is 31.4. The maximum absolute atomic E-state index is 12.5. The van der Waals surface area contributed by atoms with Crippen molar-refractivity contribution in [1.29, 1.82) is 0 Å². The molecule has 23 heavy (non-hydrogen) atoms. The fraction of sp³-hybridized carbons (Fsp3) is 0.812. The molecule has 1 N–H and O–H groups in total. The van der Waals surface area contributed by atoms with Crippen LogP contribution < -0.4 is 0 Å². The van der Waals surface area contributed by atoms with Crippen molar-refractivity contribution in [2.45, 2.75) is 38.2 Å². The van der Waals surface area contributed by atoms with Gasteiger partial charge in [-0.1, -0.05) is 0 Å². The van der Waals surface area contributed by atoms with Gasteiger partial charge in [0.25, 0.3) is 5.91 Å². The van der Waals surface area contributed by atoms with Crippen molar-refractivity contribution in [3.63, 3.8) is 0 Å². The van der Waals surface area contributed by atoms with Gasteiger partial charge in [0.15, 0.2) is 0 Å². The van der Waals surface area contributed by atoms with Gasteiger partial charge in [-0.15, -0.1) is 0 Å². The van der Waals surface area contributed by atoms with Gasteiger partial charge in [-0.05, 0) is 32.1 Å². The molecule has 2 heterocycles. The molecule has 2 saturated heterocycles. The number of rotatable bonds is 3. The van der Waals surface area contributed by atoms with E-state index in [-0.39, 0.29) is 29.8 Å². The highest BCUT2D eigenvalue weighted by Crippen LogP contribution is 2.32. The summed E-state index contributed by atoms with van der Waals surface area (Å²) in [4.78, 5) is 39.4. The van der Waals surface area contributed by atoms with Crippen molar-refractivity contribution in [2.24, 2.45) is 11.8 Å². The molecule has 0 aromatic carbocycles. The minimum absolute atomic E-state index is 0.0430. The molecule has 2 aliphatic heterocycles. The molecule has 3 fully saturated rings. The predicted octanol–water partition coefficient (Wildman–Crippen LogP) is 0.337. The largest absolute Gasteiger partial charge is 0.481 e. The summed E-state index contributed by atoms with van der Waals surface area (Å²) in [5, 5.41) is 9.04. The Balaban J connectivity index is 1.48. The summed E-state index contributed by atoms with van der Waals surface area (Å²) in [6, 6.07) is 0. The van der Waals surface area contributed by atoms with E-state index in [1.54, 1.807) is 9.80 Å². The molecule has 1 aliphatic carbocycles. The Hall–Kier alpha value is -1.63. The maximum atomic E-state index is 12.5. The molecule has 0 aromatic heterocycles. The third-order valence-electron chi connectivity index (χ3n) is 5.24. The number of ether oxygens (including phenoxy) is 1. The minimum Gasteiger partial charge on any atom is -0.481 e. The molecule has 3 rings (SSSR count). The van der Waals surface area contributed by atoms with E-state index in [1.165, 1.54) is 0 Å². The average molecular weight is 324 g/mol. The van der Waals surface area contributed by atoms with Gasteiger partial charge in [0.05, 0.1) is 5.92 Å². The van der Waals surface area contributed by atoms with Crippen LogP contribution in [0.4, 0.5) is 0 Å². The number of piperazine rings is 1. The molecule has 0 spiro atoms. The number of amides is 2. The van der Waals surface area contributed by atoms with E-state index in [0.717, 1.165) is 12.8 Å². The van der Waals surface area contributed by atoms with Gasteiger partial charge in [-0.2, -0.15) is 0 Å². The quantitative estimate of drug-likeness (QED) is 0.809. The second-order valence-electron chi connectivity index (χ2n) is 6.70. The lowest BCUT2D eigenvalue weighted by Crippen LogP contribution is -2.53. The zero-order valence-corrected chi connectivity index (χ0v) is 13.3. The highest BCUT2D eigenvalue weighted by atomic mass is 16.5. The first kappa shape index (κ1) is 16.2. The number of carboxylic acid groups (broad SMARTS) is 1. The molecule has 1 unspecified atom stereocenters. The van der Waals surface area contributed by atoms with Crippen molar-refractivity contribution in [3.8, 4) is 0 Å². The number of aliphatic carboxylic acids is 1. The number of hydrogen-bond donors (Lipinski definition) is 1. The lowest BCUT2D eigenvalue weighted by molar-refractivity contribution is -0.147. The van der Waals surface area contributed by atoms with Gasteiger partial charge in [-0.3, -0.25) is 14.4 Å². The van der Waals surface area contributed by atoms with Gasteiger partial charge >= 0.3 is 5.97 Å². The van der Waals surface area contributed by atoms with E-state index >= 15 is 0 Å². The molecule has 7 nitrogen and oxygen atoms in total. The van der Waals surface area contributed by atoms with Crippen molar-refractivity contribution in [2.75, 3.05) is 32.8 Å². The van der Waals surface area contributed by atoms with Crippen LogP contribution in [0.3, 0.4) is 0 Å². The summed E-state index contributed by atoms with van der Waals surface area (Å²) in [5.41, 5.74) is 0. The van der Waals surface area contributed by atoms with Crippen LogP contribution in [-0.4, -0.2) is 71.6 Å². The fourth-order valence-corrected chi connectivity index (χ4v) is 3.81. The van der Waals surface area contributed by atoms with Crippen LogP contribution in [0.15, 0.2) is 0 Å². The van der Waals surface area contributed by atoms with Crippen LogP contribution in [0, 0.1) is 11.8 Å². The van der Waals surface area contributed by atoms with E-state index in [0.29, 0.717) is 52.0 Å². The molecule has 1 saturated carbocycles. The van der Waals surface area contributed by atoms with E-state index in [4.69, 9.17) is 9.84 Å². The fourth-order valence-electron chi connectivity index (χ4n) is 3.81. The summed E-state index contributed by atoms with van der Waals surface area (Å²) in [6.07, 6.45) is 3.11. The van der Waals surface area contributed by atoms with Crippen LogP contribution in [0.25, 0.3) is 0 Å². The van der Waals surface area contributed by atoms with Gasteiger partial charge in [-0.25, -0.2) is 0 Å². The van der Waals surface area contributed by atoms with Crippen molar-refractivity contribution in [1.82, 2.24) is 9.80 Å². The lowest BCUT2D eigenvalue weighted by Gasteiger charge is -2.36. The predicted molar refractivity (Wildman–Crippen MR) is 80.6 cm³/mol. The molecule has 3 atom stereocenters. The summed E-state index contributed by atoms with van der Waals surface area (Å²) in [6.45, 7) is 2.80. The maximum Gasteiger partial charge on any atom is 0.306 e. The SMILES string of the molecule is O=C(O)[C@@H]1CC[C@H](C(=O)N2CCN(C(=O)C3CCCO3)CC2)C1. The minimum atomic E-state index is -0.799.